The van der Waals surface area contributed by atoms with Gasteiger partial charge in [0.2, 0.25) is 5.95 Å². The SMILES string of the molecule is CSc1ccccc1Nc1nc(N2CCNCC2)nc2c(N)ncnc12. The fraction of sp³-hybridized carbons (Fsp3) is 0.294. The highest BCUT2D eigenvalue weighted by molar-refractivity contribution is 7.98. The summed E-state index contributed by atoms with van der Waals surface area (Å²) in [4.78, 5) is 21.1. The number of hydrogen-bond acceptors (Lipinski definition) is 9. The summed E-state index contributed by atoms with van der Waals surface area (Å²) in [7, 11) is 0. The van der Waals surface area contributed by atoms with Gasteiger partial charge in [-0.3, -0.25) is 0 Å². The van der Waals surface area contributed by atoms with Crippen molar-refractivity contribution in [3.05, 3.63) is 30.6 Å². The molecule has 0 atom stereocenters. The van der Waals surface area contributed by atoms with Crippen molar-refractivity contribution in [2.24, 2.45) is 0 Å². The fourth-order valence-electron chi connectivity index (χ4n) is 2.92. The van der Waals surface area contributed by atoms with E-state index in [2.05, 4.69) is 36.6 Å². The first kappa shape index (κ1) is 16.8. The summed E-state index contributed by atoms with van der Waals surface area (Å²) < 4.78 is 0. The van der Waals surface area contributed by atoms with Crippen molar-refractivity contribution in [3.63, 3.8) is 0 Å². The van der Waals surface area contributed by atoms with Gasteiger partial charge >= 0.3 is 0 Å². The number of benzene rings is 1. The minimum Gasteiger partial charge on any atom is -0.382 e. The van der Waals surface area contributed by atoms with E-state index in [1.807, 2.05) is 24.5 Å². The van der Waals surface area contributed by atoms with Gasteiger partial charge in [-0.1, -0.05) is 12.1 Å². The number of para-hydroxylation sites is 1. The van der Waals surface area contributed by atoms with Crippen LogP contribution in [-0.4, -0.2) is 52.4 Å². The summed E-state index contributed by atoms with van der Waals surface area (Å²) in [5, 5.41) is 6.75. The van der Waals surface area contributed by atoms with E-state index in [9.17, 15) is 0 Å². The second-order valence-corrected chi connectivity index (χ2v) is 6.74. The Labute approximate surface area is 155 Å². The van der Waals surface area contributed by atoms with E-state index in [-0.39, 0.29) is 0 Å². The van der Waals surface area contributed by atoms with Gasteiger partial charge in [0, 0.05) is 31.1 Å². The Morgan fingerprint density at radius 1 is 1.12 bits per heavy atom. The van der Waals surface area contributed by atoms with E-state index in [0.717, 1.165) is 36.8 Å². The van der Waals surface area contributed by atoms with Crippen molar-refractivity contribution in [1.82, 2.24) is 25.3 Å². The molecular formula is C17H20N8S. The van der Waals surface area contributed by atoms with E-state index in [1.165, 1.54) is 6.33 Å². The first-order valence-corrected chi connectivity index (χ1v) is 9.62. The van der Waals surface area contributed by atoms with Gasteiger partial charge in [0.25, 0.3) is 0 Å². The molecule has 0 spiro atoms. The number of nitrogen functional groups attached to an aromatic ring is 1. The van der Waals surface area contributed by atoms with Crippen molar-refractivity contribution < 1.29 is 0 Å². The lowest BCUT2D eigenvalue weighted by molar-refractivity contribution is 0.581. The fourth-order valence-corrected chi connectivity index (χ4v) is 3.48. The monoisotopic (exact) mass is 368 g/mol. The zero-order valence-electron chi connectivity index (χ0n) is 14.4. The average molecular weight is 368 g/mol. The minimum absolute atomic E-state index is 0.356. The summed E-state index contributed by atoms with van der Waals surface area (Å²) in [5.41, 5.74) is 8.23. The number of fused-ring (bicyclic) bond motifs is 1. The van der Waals surface area contributed by atoms with Crippen LogP contribution in [0.25, 0.3) is 11.0 Å². The Morgan fingerprint density at radius 2 is 1.92 bits per heavy atom. The molecule has 9 heteroatoms. The first-order chi connectivity index (χ1) is 12.8. The van der Waals surface area contributed by atoms with Gasteiger partial charge in [0.15, 0.2) is 11.6 Å². The summed E-state index contributed by atoms with van der Waals surface area (Å²) in [6.07, 6.45) is 3.49. The highest BCUT2D eigenvalue weighted by Crippen LogP contribution is 2.31. The Kier molecular flexibility index (Phi) is 4.72. The van der Waals surface area contributed by atoms with E-state index >= 15 is 0 Å². The van der Waals surface area contributed by atoms with Crippen LogP contribution in [0.3, 0.4) is 0 Å². The molecular weight excluding hydrogens is 348 g/mol. The van der Waals surface area contributed by atoms with Crippen molar-refractivity contribution in [2.75, 3.05) is 48.4 Å². The molecule has 1 aliphatic rings. The highest BCUT2D eigenvalue weighted by atomic mass is 32.2. The van der Waals surface area contributed by atoms with Gasteiger partial charge in [-0.15, -0.1) is 11.8 Å². The van der Waals surface area contributed by atoms with Crippen LogP contribution in [-0.2, 0) is 0 Å². The van der Waals surface area contributed by atoms with Gasteiger partial charge in [0.05, 0.1) is 5.69 Å². The molecule has 0 saturated carbocycles. The van der Waals surface area contributed by atoms with Crippen molar-refractivity contribution in [1.29, 1.82) is 0 Å². The molecule has 0 amide bonds. The number of thioether (sulfide) groups is 1. The number of anilines is 4. The molecule has 0 radical (unpaired) electrons. The molecule has 1 aromatic carbocycles. The summed E-state index contributed by atoms with van der Waals surface area (Å²) in [5.74, 6) is 1.64. The Morgan fingerprint density at radius 3 is 2.73 bits per heavy atom. The van der Waals surface area contributed by atoms with Gasteiger partial charge < -0.3 is 21.3 Å². The molecule has 1 saturated heterocycles. The first-order valence-electron chi connectivity index (χ1n) is 8.40. The van der Waals surface area contributed by atoms with Crippen molar-refractivity contribution >= 4 is 46.1 Å². The minimum atomic E-state index is 0.356. The molecule has 8 nitrogen and oxygen atoms in total. The Balaban J connectivity index is 1.82. The Hall–Kier alpha value is -2.65. The lowest BCUT2D eigenvalue weighted by Gasteiger charge is -2.28. The molecule has 26 heavy (non-hydrogen) atoms. The van der Waals surface area contributed by atoms with E-state index < -0.39 is 0 Å². The van der Waals surface area contributed by atoms with Crippen LogP contribution >= 0.6 is 11.8 Å². The standard InChI is InChI=1S/C17H20N8S/c1-26-12-5-3-2-4-11(12)22-16-14-13(15(18)21-10-20-14)23-17(24-16)25-8-6-19-7-9-25/h2-5,10,19H,6-9H2,1H3,(H2,18,20,21)(H,22,23,24). The summed E-state index contributed by atoms with van der Waals surface area (Å²) in [6.45, 7) is 3.50. The number of hydrogen-bond donors (Lipinski definition) is 3. The normalized spacial score (nSPS) is 14.6. The predicted molar refractivity (Wildman–Crippen MR) is 106 cm³/mol. The van der Waals surface area contributed by atoms with Crippen LogP contribution < -0.4 is 21.3 Å². The smallest absolute Gasteiger partial charge is 0.228 e. The molecule has 1 aliphatic heterocycles. The topological polar surface area (TPSA) is 105 Å². The van der Waals surface area contributed by atoms with Crippen molar-refractivity contribution in [2.45, 2.75) is 4.90 Å². The maximum Gasteiger partial charge on any atom is 0.228 e. The number of piperazine rings is 1. The lowest BCUT2D eigenvalue weighted by atomic mass is 10.3. The zero-order chi connectivity index (χ0) is 17.9. The van der Waals surface area contributed by atoms with Gasteiger partial charge in [-0.2, -0.15) is 4.98 Å². The number of nitrogens with zero attached hydrogens (tertiary/aromatic N) is 5. The third kappa shape index (κ3) is 3.23. The third-order valence-corrected chi connectivity index (χ3v) is 5.05. The van der Waals surface area contributed by atoms with Crippen LogP contribution in [0.2, 0.25) is 0 Å². The Bertz CT molecular complexity index is 926. The molecule has 134 valence electrons. The molecule has 3 aromatic rings. The van der Waals surface area contributed by atoms with Crippen LogP contribution in [0, 0.1) is 0 Å². The maximum absolute atomic E-state index is 6.07. The summed E-state index contributed by atoms with van der Waals surface area (Å²) >= 11 is 1.67. The van der Waals surface area contributed by atoms with Crippen LogP contribution in [0.15, 0.2) is 35.5 Å². The molecule has 4 rings (SSSR count). The molecule has 1 fully saturated rings. The van der Waals surface area contributed by atoms with Gasteiger partial charge in [-0.05, 0) is 18.4 Å². The predicted octanol–water partition coefficient (Wildman–Crippen LogP) is 1.88. The van der Waals surface area contributed by atoms with E-state index in [1.54, 1.807) is 11.8 Å². The van der Waals surface area contributed by atoms with Crippen LogP contribution in [0.1, 0.15) is 0 Å². The second-order valence-electron chi connectivity index (χ2n) is 5.89. The summed E-state index contributed by atoms with van der Waals surface area (Å²) in [6, 6.07) is 8.10. The largest absolute Gasteiger partial charge is 0.382 e. The number of nitrogens with two attached hydrogens (primary N) is 1. The molecule has 3 heterocycles. The molecule has 2 aromatic heterocycles. The number of aromatic nitrogens is 4. The van der Waals surface area contributed by atoms with Gasteiger partial charge in [-0.25, -0.2) is 15.0 Å². The molecule has 0 aliphatic carbocycles. The average Bonchev–Trinajstić information content (AvgIpc) is 2.69. The highest BCUT2D eigenvalue weighted by Gasteiger charge is 2.18. The number of nitrogens with one attached hydrogen (secondary N) is 2. The number of rotatable bonds is 4. The van der Waals surface area contributed by atoms with Crippen molar-refractivity contribution in [3.8, 4) is 0 Å². The molecule has 0 bridgehead atoms. The molecule has 4 N–H and O–H groups in total. The molecule has 0 unspecified atom stereocenters. The quantitative estimate of drug-likeness (QED) is 0.595. The maximum atomic E-state index is 6.07. The third-order valence-electron chi connectivity index (χ3n) is 4.26. The zero-order valence-corrected chi connectivity index (χ0v) is 15.3. The van der Waals surface area contributed by atoms with E-state index in [4.69, 9.17) is 10.7 Å². The van der Waals surface area contributed by atoms with Crippen LogP contribution in [0.5, 0.6) is 0 Å². The van der Waals surface area contributed by atoms with Crippen LogP contribution in [0.4, 0.5) is 23.3 Å². The van der Waals surface area contributed by atoms with E-state index in [0.29, 0.717) is 28.6 Å². The lowest BCUT2D eigenvalue weighted by Crippen LogP contribution is -2.44. The van der Waals surface area contributed by atoms with Gasteiger partial charge in [0.1, 0.15) is 17.4 Å². The second kappa shape index (κ2) is 7.30.